The molecule has 0 N–H and O–H groups in total. The third-order valence-electron chi connectivity index (χ3n) is 5.27. The predicted molar refractivity (Wildman–Crippen MR) is 75.2 cm³/mol. The van der Waals surface area contributed by atoms with E-state index in [9.17, 15) is 13.6 Å². The normalized spacial score (nSPS) is 33.2. The van der Waals surface area contributed by atoms with Crippen molar-refractivity contribution in [2.24, 2.45) is 17.8 Å². The zero-order valence-electron chi connectivity index (χ0n) is 11.4. The quantitative estimate of drug-likeness (QED) is 0.803. The van der Waals surface area contributed by atoms with Gasteiger partial charge in [-0.05, 0) is 55.0 Å². The van der Waals surface area contributed by atoms with E-state index >= 15 is 0 Å². The van der Waals surface area contributed by atoms with Gasteiger partial charge in [0.15, 0.2) is 0 Å². The Labute approximate surface area is 126 Å². The molecule has 1 aromatic rings. The Bertz CT molecular complexity index is 581. The molecule has 3 nitrogen and oxygen atoms in total. The molecule has 0 aromatic carbocycles. The van der Waals surface area contributed by atoms with Crippen molar-refractivity contribution < 1.29 is 13.6 Å². The molecule has 1 aliphatic heterocycles. The number of carbonyl (C=O) groups excluding carboxylic acids is 1. The van der Waals surface area contributed by atoms with Gasteiger partial charge in [0, 0.05) is 24.7 Å². The van der Waals surface area contributed by atoms with Crippen LogP contribution in [0.3, 0.4) is 0 Å². The van der Waals surface area contributed by atoms with E-state index in [0.29, 0.717) is 35.2 Å². The van der Waals surface area contributed by atoms with E-state index in [2.05, 4.69) is 4.98 Å². The first-order valence-electron chi connectivity index (χ1n) is 7.36. The highest BCUT2D eigenvalue weighted by molar-refractivity contribution is 7.99. The number of hydrogen-bond acceptors (Lipinski definition) is 3. The van der Waals surface area contributed by atoms with Crippen molar-refractivity contribution >= 4 is 17.7 Å². The Hall–Kier alpha value is -1.17. The van der Waals surface area contributed by atoms with Crippen molar-refractivity contribution in [3.8, 4) is 0 Å². The molecule has 3 fully saturated rings. The van der Waals surface area contributed by atoms with Gasteiger partial charge in [0.25, 0.3) is 11.7 Å². The fourth-order valence-corrected chi connectivity index (χ4v) is 5.01. The van der Waals surface area contributed by atoms with Crippen LogP contribution >= 0.6 is 11.8 Å². The van der Waals surface area contributed by atoms with Crippen LogP contribution in [0.2, 0.25) is 0 Å². The van der Waals surface area contributed by atoms with Crippen molar-refractivity contribution in [1.82, 2.24) is 9.88 Å². The highest BCUT2D eigenvalue weighted by Crippen LogP contribution is 2.55. The van der Waals surface area contributed by atoms with Crippen LogP contribution in [0.1, 0.15) is 29.6 Å². The van der Waals surface area contributed by atoms with E-state index in [4.69, 9.17) is 0 Å². The van der Waals surface area contributed by atoms with Gasteiger partial charge in [-0.2, -0.15) is 8.78 Å². The topological polar surface area (TPSA) is 33.2 Å². The lowest BCUT2D eigenvalue weighted by molar-refractivity contribution is -0.00938. The minimum atomic E-state index is -2.56. The van der Waals surface area contributed by atoms with E-state index in [-0.39, 0.29) is 10.9 Å². The molecule has 6 heteroatoms. The molecule has 0 spiro atoms. The SMILES string of the molecule is O=C(c1cccnc1SC(F)F)N1C[C@H]2[C@H]3CC[C@@H](C3)[C@@H]21. The molecule has 2 bridgehead atoms. The number of thioether (sulfide) groups is 1. The van der Waals surface area contributed by atoms with Gasteiger partial charge in [0.05, 0.1) is 5.56 Å². The molecular weight excluding hydrogens is 294 g/mol. The zero-order chi connectivity index (χ0) is 14.6. The Morgan fingerprint density at radius 2 is 2.19 bits per heavy atom. The van der Waals surface area contributed by atoms with Crippen LogP contribution < -0.4 is 0 Å². The monoisotopic (exact) mass is 310 g/mol. The fraction of sp³-hybridized carbons (Fsp3) is 0.600. The van der Waals surface area contributed by atoms with Gasteiger partial charge in [-0.1, -0.05) is 0 Å². The van der Waals surface area contributed by atoms with Gasteiger partial charge in [-0.25, -0.2) is 4.98 Å². The summed E-state index contributed by atoms with van der Waals surface area (Å²) in [5.74, 6) is -0.623. The Kier molecular flexibility index (Phi) is 3.17. The minimum absolute atomic E-state index is 0.125. The maximum atomic E-state index is 12.7. The molecule has 112 valence electrons. The Morgan fingerprint density at radius 1 is 1.38 bits per heavy atom. The summed E-state index contributed by atoms with van der Waals surface area (Å²) in [6.07, 6.45) is 5.21. The molecule has 4 rings (SSSR count). The second kappa shape index (κ2) is 4.93. The van der Waals surface area contributed by atoms with Crippen LogP contribution in [0.25, 0.3) is 0 Å². The number of nitrogens with zero attached hydrogens (tertiary/aromatic N) is 2. The van der Waals surface area contributed by atoms with Gasteiger partial charge >= 0.3 is 0 Å². The first-order chi connectivity index (χ1) is 10.1. The predicted octanol–water partition coefficient (Wildman–Crippen LogP) is 3.27. The van der Waals surface area contributed by atoms with Gasteiger partial charge in [-0.15, -0.1) is 0 Å². The zero-order valence-corrected chi connectivity index (χ0v) is 12.2. The van der Waals surface area contributed by atoms with Crippen molar-refractivity contribution in [2.75, 3.05) is 6.54 Å². The largest absolute Gasteiger partial charge is 0.335 e. The molecule has 1 aromatic heterocycles. The number of hydrogen-bond donors (Lipinski definition) is 0. The van der Waals surface area contributed by atoms with E-state index in [0.717, 1.165) is 12.5 Å². The number of alkyl halides is 2. The Balaban J connectivity index is 1.56. The molecule has 4 atom stereocenters. The smallest absolute Gasteiger partial charge is 0.290 e. The summed E-state index contributed by atoms with van der Waals surface area (Å²) in [7, 11) is 0. The van der Waals surface area contributed by atoms with E-state index in [1.54, 1.807) is 12.1 Å². The molecular formula is C15H16F2N2OS. The number of carbonyl (C=O) groups is 1. The van der Waals surface area contributed by atoms with E-state index in [1.165, 1.54) is 25.5 Å². The Morgan fingerprint density at radius 3 is 2.95 bits per heavy atom. The third kappa shape index (κ3) is 2.06. The third-order valence-corrected chi connectivity index (χ3v) is 6.00. The number of amides is 1. The highest BCUT2D eigenvalue weighted by atomic mass is 32.2. The molecule has 2 aliphatic carbocycles. The summed E-state index contributed by atoms with van der Waals surface area (Å²) in [5, 5.41) is 0.143. The lowest BCUT2D eigenvalue weighted by atomic mass is 9.76. The second-order valence-electron chi connectivity index (χ2n) is 6.18. The summed E-state index contributed by atoms with van der Waals surface area (Å²) >= 11 is 0.354. The lowest BCUT2D eigenvalue weighted by Gasteiger charge is -2.50. The molecule has 0 radical (unpaired) electrons. The molecule has 0 unspecified atom stereocenters. The van der Waals surface area contributed by atoms with Gasteiger partial charge in [0.1, 0.15) is 5.03 Å². The maximum absolute atomic E-state index is 12.7. The summed E-state index contributed by atoms with van der Waals surface area (Å²) in [6, 6.07) is 3.60. The van der Waals surface area contributed by atoms with Crippen LogP contribution in [0.5, 0.6) is 0 Å². The lowest BCUT2D eigenvalue weighted by Crippen LogP contribution is -2.61. The van der Waals surface area contributed by atoms with Crippen LogP contribution in [-0.4, -0.2) is 34.1 Å². The number of likely N-dealkylation sites (tertiary alicyclic amines) is 1. The molecule has 1 amide bonds. The maximum Gasteiger partial charge on any atom is 0.290 e. The van der Waals surface area contributed by atoms with Gasteiger partial charge in [0.2, 0.25) is 0 Å². The van der Waals surface area contributed by atoms with Crippen LogP contribution in [0.4, 0.5) is 8.78 Å². The highest BCUT2D eigenvalue weighted by Gasteiger charge is 2.57. The standard InChI is InChI=1S/C15H16F2N2OS/c16-15(17)21-13-10(2-1-5-18-13)14(20)19-7-11-8-3-4-9(6-8)12(11)19/h1-2,5,8-9,11-12,15H,3-4,6-7H2/t8-,9-,11-,12-/m0/s1. The first-order valence-corrected chi connectivity index (χ1v) is 8.24. The number of rotatable bonds is 3. The summed E-state index contributed by atoms with van der Waals surface area (Å²) in [6.45, 7) is 0.790. The van der Waals surface area contributed by atoms with E-state index < -0.39 is 5.76 Å². The second-order valence-corrected chi connectivity index (χ2v) is 7.16. The molecule has 3 aliphatic rings. The molecule has 21 heavy (non-hydrogen) atoms. The minimum Gasteiger partial charge on any atom is -0.335 e. The van der Waals surface area contributed by atoms with Crippen molar-refractivity contribution in [3.05, 3.63) is 23.9 Å². The first kappa shape index (κ1) is 13.5. The van der Waals surface area contributed by atoms with Crippen molar-refractivity contribution in [1.29, 1.82) is 0 Å². The van der Waals surface area contributed by atoms with Crippen molar-refractivity contribution in [2.45, 2.75) is 36.1 Å². The molecule has 2 saturated carbocycles. The van der Waals surface area contributed by atoms with Crippen LogP contribution in [0.15, 0.2) is 23.4 Å². The molecule has 1 saturated heterocycles. The average Bonchev–Trinajstić information content (AvgIpc) is 2.95. The number of aromatic nitrogens is 1. The van der Waals surface area contributed by atoms with Crippen LogP contribution in [-0.2, 0) is 0 Å². The average molecular weight is 310 g/mol. The van der Waals surface area contributed by atoms with Crippen LogP contribution in [0, 0.1) is 17.8 Å². The molecule has 2 heterocycles. The number of fused-ring (bicyclic) bond motifs is 5. The summed E-state index contributed by atoms with van der Waals surface area (Å²) in [5.41, 5.74) is 0.323. The van der Waals surface area contributed by atoms with Gasteiger partial charge in [-0.3, -0.25) is 4.79 Å². The summed E-state index contributed by atoms with van der Waals surface area (Å²) < 4.78 is 25.2. The number of halogens is 2. The van der Waals surface area contributed by atoms with Crippen molar-refractivity contribution in [3.63, 3.8) is 0 Å². The van der Waals surface area contributed by atoms with Gasteiger partial charge < -0.3 is 4.90 Å². The number of pyridine rings is 1. The van der Waals surface area contributed by atoms with E-state index in [1.807, 2.05) is 4.90 Å². The summed E-state index contributed by atoms with van der Waals surface area (Å²) in [4.78, 5) is 18.5. The fourth-order valence-electron chi connectivity index (χ4n) is 4.44.